The smallest absolute Gasteiger partial charge is 0.343 e. The van der Waals surface area contributed by atoms with Crippen molar-refractivity contribution in [2.45, 2.75) is 26.8 Å². The average molecular weight is 605 g/mol. The van der Waals surface area contributed by atoms with Gasteiger partial charge in [0.15, 0.2) is 22.9 Å². The Morgan fingerprint density at radius 3 is 2.50 bits per heavy atom. The Morgan fingerprint density at radius 2 is 1.82 bits per heavy atom. The molecule has 0 spiro atoms. The molecule has 1 aliphatic heterocycles. The number of aromatic nitrogens is 1. The number of esters is 2. The van der Waals surface area contributed by atoms with E-state index in [0.717, 1.165) is 0 Å². The molecule has 0 N–H and O–H groups in total. The number of benzene rings is 2. The number of nitrogens with zero attached hydrogens (tertiary/aromatic N) is 2. The Bertz CT molecular complexity index is 1680. The monoisotopic (exact) mass is 604 g/mol. The SMILES string of the molecule is CCOC(=O)C1=C(C)N=c2s/c(=C\c3ccc(Cl)c(Cl)c3)c(=O)n2[C@H]1c1ccc(OCC(=O)OC)c(OCC)c1. The van der Waals surface area contributed by atoms with Crippen LogP contribution in [0.5, 0.6) is 11.5 Å². The highest BCUT2D eigenvalue weighted by molar-refractivity contribution is 7.07. The molecule has 0 unspecified atom stereocenters. The number of hydrogen-bond acceptors (Lipinski definition) is 9. The van der Waals surface area contributed by atoms with Crippen LogP contribution < -0.4 is 24.4 Å². The van der Waals surface area contributed by atoms with Crippen molar-refractivity contribution in [1.82, 2.24) is 4.57 Å². The summed E-state index contributed by atoms with van der Waals surface area (Å²) in [5.41, 5.74) is 1.55. The number of carbonyl (C=O) groups is 2. The fourth-order valence-electron chi connectivity index (χ4n) is 4.14. The summed E-state index contributed by atoms with van der Waals surface area (Å²) in [5, 5.41) is 0.763. The zero-order valence-electron chi connectivity index (χ0n) is 22.2. The van der Waals surface area contributed by atoms with Crippen molar-refractivity contribution in [3.8, 4) is 11.5 Å². The van der Waals surface area contributed by atoms with Gasteiger partial charge in [-0.05, 0) is 62.2 Å². The van der Waals surface area contributed by atoms with Crippen molar-refractivity contribution in [2.24, 2.45) is 4.99 Å². The number of ether oxygens (including phenoxy) is 4. The van der Waals surface area contributed by atoms with Gasteiger partial charge >= 0.3 is 11.9 Å². The predicted molar refractivity (Wildman–Crippen MR) is 152 cm³/mol. The molecule has 0 bridgehead atoms. The lowest BCUT2D eigenvalue weighted by atomic mass is 9.95. The first-order chi connectivity index (χ1) is 19.2. The average Bonchev–Trinajstić information content (AvgIpc) is 3.23. The Balaban J connectivity index is 1.90. The van der Waals surface area contributed by atoms with Crippen molar-refractivity contribution in [1.29, 1.82) is 0 Å². The molecule has 40 heavy (non-hydrogen) atoms. The number of carbonyl (C=O) groups excluding carboxylic acids is 2. The van der Waals surface area contributed by atoms with E-state index in [1.165, 1.54) is 23.0 Å². The van der Waals surface area contributed by atoms with Gasteiger partial charge in [-0.3, -0.25) is 9.36 Å². The van der Waals surface area contributed by atoms with Crippen LogP contribution in [0.1, 0.15) is 37.9 Å². The fraction of sp³-hybridized carbons (Fsp3) is 0.286. The maximum absolute atomic E-state index is 13.8. The number of hydrogen-bond donors (Lipinski definition) is 0. The summed E-state index contributed by atoms with van der Waals surface area (Å²) in [6.45, 7) is 5.35. The minimum absolute atomic E-state index is 0.147. The second kappa shape index (κ2) is 12.7. The Hall–Kier alpha value is -3.60. The molecule has 1 atom stereocenters. The molecule has 210 valence electrons. The Labute approximate surface area is 243 Å². The summed E-state index contributed by atoms with van der Waals surface area (Å²) in [6.07, 6.45) is 1.70. The summed E-state index contributed by atoms with van der Waals surface area (Å²) in [6, 6.07) is 9.20. The molecule has 12 heteroatoms. The zero-order chi connectivity index (χ0) is 29.0. The molecule has 0 saturated carbocycles. The summed E-state index contributed by atoms with van der Waals surface area (Å²) in [7, 11) is 1.27. The molecule has 3 aromatic rings. The molecule has 1 aromatic heterocycles. The molecule has 2 aromatic carbocycles. The van der Waals surface area contributed by atoms with Crippen LogP contribution >= 0.6 is 34.5 Å². The first-order valence-corrected chi connectivity index (χ1v) is 13.9. The maximum Gasteiger partial charge on any atom is 0.343 e. The zero-order valence-corrected chi connectivity index (χ0v) is 24.5. The van der Waals surface area contributed by atoms with Gasteiger partial charge in [0.1, 0.15) is 0 Å². The molecule has 0 aliphatic carbocycles. The molecule has 0 saturated heterocycles. The van der Waals surface area contributed by atoms with E-state index >= 15 is 0 Å². The topological polar surface area (TPSA) is 105 Å². The second-order valence-corrected chi connectivity index (χ2v) is 10.3. The van der Waals surface area contributed by atoms with E-state index in [9.17, 15) is 14.4 Å². The molecule has 9 nitrogen and oxygen atoms in total. The minimum atomic E-state index is -0.861. The first kappa shape index (κ1) is 29.4. The largest absolute Gasteiger partial charge is 0.490 e. The van der Waals surface area contributed by atoms with E-state index < -0.39 is 18.0 Å². The van der Waals surface area contributed by atoms with Crippen molar-refractivity contribution in [2.75, 3.05) is 26.9 Å². The number of rotatable bonds is 9. The van der Waals surface area contributed by atoms with E-state index in [1.54, 1.807) is 63.2 Å². The summed E-state index contributed by atoms with van der Waals surface area (Å²) < 4.78 is 23.2. The maximum atomic E-state index is 13.8. The Kier molecular flexibility index (Phi) is 9.34. The van der Waals surface area contributed by atoms with Crippen LogP contribution in [-0.2, 0) is 19.1 Å². The minimum Gasteiger partial charge on any atom is -0.490 e. The predicted octanol–water partition coefficient (Wildman–Crippen LogP) is 4.06. The van der Waals surface area contributed by atoms with Gasteiger partial charge in [-0.25, -0.2) is 14.6 Å². The van der Waals surface area contributed by atoms with Gasteiger partial charge in [-0.15, -0.1) is 0 Å². The third-order valence-corrected chi connectivity index (χ3v) is 7.64. The van der Waals surface area contributed by atoms with Gasteiger partial charge in [-0.1, -0.05) is 46.7 Å². The number of methoxy groups -OCH3 is 1. The summed E-state index contributed by atoms with van der Waals surface area (Å²) in [5.74, 6) is -0.499. The molecule has 0 amide bonds. The number of halogens is 2. The highest BCUT2D eigenvalue weighted by Gasteiger charge is 2.34. The number of thiazole rings is 1. The number of fused-ring (bicyclic) bond motifs is 1. The molecule has 1 aliphatic rings. The fourth-order valence-corrected chi connectivity index (χ4v) is 5.49. The molecule has 0 fully saturated rings. The van der Waals surface area contributed by atoms with Crippen LogP contribution in [0.25, 0.3) is 6.08 Å². The third-order valence-electron chi connectivity index (χ3n) is 5.91. The molecule has 2 heterocycles. The van der Waals surface area contributed by atoms with Crippen LogP contribution in [0.2, 0.25) is 10.0 Å². The van der Waals surface area contributed by atoms with E-state index in [2.05, 4.69) is 9.73 Å². The van der Waals surface area contributed by atoms with Gasteiger partial charge < -0.3 is 18.9 Å². The van der Waals surface area contributed by atoms with Gasteiger partial charge in [0, 0.05) is 0 Å². The van der Waals surface area contributed by atoms with Crippen molar-refractivity contribution in [3.05, 3.63) is 88.5 Å². The normalized spacial score (nSPS) is 14.8. The van der Waals surface area contributed by atoms with Crippen LogP contribution in [0.15, 0.2) is 57.5 Å². The number of allylic oxidation sites excluding steroid dienone is 1. The van der Waals surface area contributed by atoms with E-state index in [4.69, 9.17) is 37.4 Å². The van der Waals surface area contributed by atoms with E-state index in [0.29, 0.717) is 54.3 Å². The highest BCUT2D eigenvalue weighted by atomic mass is 35.5. The van der Waals surface area contributed by atoms with Gasteiger partial charge in [-0.2, -0.15) is 0 Å². The van der Waals surface area contributed by atoms with Gasteiger partial charge in [0.25, 0.3) is 5.56 Å². The van der Waals surface area contributed by atoms with Crippen molar-refractivity contribution < 1.29 is 28.5 Å². The van der Waals surface area contributed by atoms with Crippen molar-refractivity contribution >= 4 is 52.6 Å². The second-order valence-electron chi connectivity index (χ2n) is 8.48. The van der Waals surface area contributed by atoms with E-state index in [1.807, 2.05) is 0 Å². The molecular formula is C28H26Cl2N2O7S. The Morgan fingerprint density at radius 1 is 1.05 bits per heavy atom. The lowest BCUT2D eigenvalue weighted by molar-refractivity contribution is -0.143. The summed E-state index contributed by atoms with van der Waals surface area (Å²) >= 11 is 13.4. The standard InChI is InChI=1S/C28H26Cl2N2O7S/c1-5-37-21-13-17(8-10-20(21)39-14-23(33)36-4)25-24(27(35)38-6-2)15(3)31-28-32(25)26(34)22(40-28)12-16-7-9-18(29)19(30)11-16/h7-13,25H,5-6,14H2,1-4H3/b22-12-/t25-/m0/s1. The molecule has 0 radical (unpaired) electrons. The van der Waals surface area contributed by atoms with Crippen molar-refractivity contribution in [3.63, 3.8) is 0 Å². The highest BCUT2D eigenvalue weighted by Crippen LogP contribution is 2.36. The van der Waals surface area contributed by atoms with Gasteiger partial charge in [0.05, 0.1) is 52.2 Å². The van der Waals surface area contributed by atoms with Gasteiger partial charge in [0.2, 0.25) is 0 Å². The van der Waals surface area contributed by atoms with Crippen LogP contribution in [-0.4, -0.2) is 43.4 Å². The summed E-state index contributed by atoms with van der Waals surface area (Å²) in [4.78, 5) is 43.6. The van der Waals surface area contributed by atoms with Crippen LogP contribution in [0.4, 0.5) is 0 Å². The quantitative estimate of drug-likeness (QED) is 0.339. The molecule has 4 rings (SSSR count). The van der Waals surface area contributed by atoms with Crippen LogP contribution in [0, 0.1) is 0 Å². The molecular weight excluding hydrogens is 579 g/mol. The third kappa shape index (κ3) is 6.09. The lowest BCUT2D eigenvalue weighted by Gasteiger charge is -2.25. The first-order valence-electron chi connectivity index (χ1n) is 12.3. The lowest BCUT2D eigenvalue weighted by Crippen LogP contribution is -2.40. The van der Waals surface area contributed by atoms with Crippen LogP contribution in [0.3, 0.4) is 0 Å². The van der Waals surface area contributed by atoms with E-state index in [-0.39, 0.29) is 24.3 Å².